The van der Waals surface area contributed by atoms with Crippen LogP contribution in [0.25, 0.3) is 0 Å². The van der Waals surface area contributed by atoms with Gasteiger partial charge in [-0.05, 0) is 42.9 Å². The minimum atomic E-state index is 0.0978. The van der Waals surface area contributed by atoms with Crippen molar-refractivity contribution in [2.24, 2.45) is 10.8 Å². The van der Waals surface area contributed by atoms with E-state index in [4.69, 9.17) is 0 Å². The number of carbonyl (C=O) groups is 1. The average molecular weight is 223 g/mol. The van der Waals surface area contributed by atoms with Crippen LogP contribution in [0.4, 0.5) is 0 Å². The number of amides is 1. The Kier molecular flexibility index (Phi) is 2.60. The van der Waals surface area contributed by atoms with Gasteiger partial charge in [-0.15, -0.1) is 0 Å². The van der Waals surface area contributed by atoms with Crippen LogP contribution in [0, 0.1) is 10.8 Å². The van der Waals surface area contributed by atoms with Gasteiger partial charge >= 0.3 is 0 Å². The molecule has 1 amide bonds. The summed E-state index contributed by atoms with van der Waals surface area (Å²) in [4.78, 5) is 11.6. The molecule has 0 atom stereocenters. The molecule has 16 heavy (non-hydrogen) atoms. The highest BCUT2D eigenvalue weighted by atomic mass is 16.1. The molecule has 0 aromatic carbocycles. The van der Waals surface area contributed by atoms with Gasteiger partial charge in [-0.25, -0.2) is 0 Å². The van der Waals surface area contributed by atoms with Crippen molar-refractivity contribution < 1.29 is 4.79 Å². The molecule has 1 aliphatic carbocycles. The molecule has 2 nitrogen and oxygen atoms in total. The maximum Gasteiger partial charge on any atom is 0.220 e. The zero-order chi connectivity index (χ0) is 12.0. The van der Waals surface area contributed by atoms with Crippen LogP contribution >= 0.6 is 0 Å². The summed E-state index contributed by atoms with van der Waals surface area (Å²) in [7, 11) is 0. The van der Waals surface area contributed by atoms with E-state index in [2.05, 4.69) is 33.0 Å². The summed E-state index contributed by atoms with van der Waals surface area (Å²) in [5.41, 5.74) is 0.805. The van der Waals surface area contributed by atoms with Crippen molar-refractivity contribution in [3.63, 3.8) is 0 Å². The van der Waals surface area contributed by atoms with Gasteiger partial charge in [0.2, 0.25) is 5.91 Å². The van der Waals surface area contributed by atoms with Crippen LogP contribution in [0.5, 0.6) is 0 Å². The van der Waals surface area contributed by atoms with Crippen molar-refractivity contribution in [1.29, 1.82) is 0 Å². The van der Waals surface area contributed by atoms with E-state index < -0.39 is 0 Å². The molecule has 0 aromatic rings. The number of rotatable bonds is 0. The molecule has 0 aromatic heterocycles. The Morgan fingerprint density at radius 3 is 2.06 bits per heavy atom. The van der Waals surface area contributed by atoms with E-state index in [-0.39, 0.29) is 11.4 Å². The van der Waals surface area contributed by atoms with Gasteiger partial charge in [0.25, 0.3) is 0 Å². The van der Waals surface area contributed by atoms with Crippen LogP contribution in [-0.2, 0) is 4.79 Å². The first kappa shape index (κ1) is 11.9. The van der Waals surface area contributed by atoms with Crippen molar-refractivity contribution in [2.45, 2.75) is 71.8 Å². The van der Waals surface area contributed by atoms with Gasteiger partial charge < -0.3 is 5.32 Å². The second-order valence-corrected chi connectivity index (χ2v) is 7.54. The molecule has 2 fully saturated rings. The van der Waals surface area contributed by atoms with E-state index in [1.165, 1.54) is 12.8 Å². The van der Waals surface area contributed by atoms with Crippen LogP contribution in [-0.4, -0.2) is 11.4 Å². The SMILES string of the molecule is CC1(C)CC(C)(C)CC2(CCCC(=O)N2)C1. The van der Waals surface area contributed by atoms with Gasteiger partial charge in [0.05, 0.1) is 0 Å². The summed E-state index contributed by atoms with van der Waals surface area (Å²) in [6.45, 7) is 9.37. The van der Waals surface area contributed by atoms with E-state index in [0.717, 1.165) is 25.7 Å². The van der Waals surface area contributed by atoms with E-state index >= 15 is 0 Å². The van der Waals surface area contributed by atoms with Crippen LogP contribution in [0.15, 0.2) is 0 Å². The Morgan fingerprint density at radius 1 is 1.00 bits per heavy atom. The fraction of sp³-hybridized carbons (Fsp3) is 0.929. The van der Waals surface area contributed by atoms with Crippen molar-refractivity contribution >= 4 is 5.91 Å². The summed E-state index contributed by atoms with van der Waals surface area (Å²) in [5, 5.41) is 3.30. The molecular formula is C14H25NO. The minimum Gasteiger partial charge on any atom is -0.351 e. The lowest BCUT2D eigenvalue weighted by Gasteiger charge is -2.53. The number of piperidine rings is 1. The molecule has 92 valence electrons. The number of hydrogen-bond acceptors (Lipinski definition) is 1. The molecule has 1 N–H and O–H groups in total. The normalized spacial score (nSPS) is 31.1. The summed E-state index contributed by atoms with van der Waals surface area (Å²) >= 11 is 0. The third-order valence-electron chi connectivity index (χ3n) is 4.05. The summed E-state index contributed by atoms with van der Waals surface area (Å²) in [6, 6.07) is 0. The van der Waals surface area contributed by atoms with Crippen LogP contribution in [0.3, 0.4) is 0 Å². The molecule has 0 radical (unpaired) electrons. The molecule has 1 saturated carbocycles. The molecule has 2 aliphatic rings. The Hall–Kier alpha value is -0.530. The van der Waals surface area contributed by atoms with Gasteiger partial charge in [0.15, 0.2) is 0 Å². The van der Waals surface area contributed by atoms with Crippen molar-refractivity contribution in [1.82, 2.24) is 5.32 Å². The predicted octanol–water partition coefficient (Wildman–Crippen LogP) is 3.26. The Bertz CT molecular complexity index is 288. The third kappa shape index (κ3) is 2.41. The summed E-state index contributed by atoms with van der Waals surface area (Å²) in [5.74, 6) is 0.264. The lowest BCUT2D eigenvalue weighted by molar-refractivity contribution is -0.127. The summed E-state index contributed by atoms with van der Waals surface area (Å²) < 4.78 is 0. The Balaban J connectivity index is 2.23. The first-order chi connectivity index (χ1) is 7.22. The highest BCUT2D eigenvalue weighted by Gasteiger charge is 2.48. The minimum absolute atomic E-state index is 0.0978. The van der Waals surface area contributed by atoms with E-state index in [1.807, 2.05) is 0 Å². The molecular weight excluding hydrogens is 198 g/mol. The van der Waals surface area contributed by atoms with E-state index in [0.29, 0.717) is 10.8 Å². The molecule has 0 bridgehead atoms. The largest absolute Gasteiger partial charge is 0.351 e. The maximum atomic E-state index is 11.6. The van der Waals surface area contributed by atoms with Gasteiger partial charge in [0, 0.05) is 12.0 Å². The van der Waals surface area contributed by atoms with Crippen molar-refractivity contribution in [3.8, 4) is 0 Å². The molecule has 1 heterocycles. The average Bonchev–Trinajstić information content (AvgIpc) is 1.94. The Labute approximate surface area is 99.2 Å². The zero-order valence-electron chi connectivity index (χ0n) is 11.2. The smallest absolute Gasteiger partial charge is 0.220 e. The second-order valence-electron chi connectivity index (χ2n) is 7.54. The third-order valence-corrected chi connectivity index (χ3v) is 4.05. The molecule has 2 heteroatoms. The molecule has 1 spiro atoms. The van der Waals surface area contributed by atoms with Gasteiger partial charge in [-0.2, -0.15) is 0 Å². The number of nitrogens with one attached hydrogen (secondary N) is 1. The van der Waals surface area contributed by atoms with Gasteiger partial charge in [-0.1, -0.05) is 27.7 Å². The quantitative estimate of drug-likeness (QED) is 0.671. The first-order valence-corrected chi connectivity index (χ1v) is 6.53. The molecule has 2 rings (SSSR count). The maximum absolute atomic E-state index is 11.6. The van der Waals surface area contributed by atoms with Crippen LogP contribution in [0.2, 0.25) is 0 Å². The Morgan fingerprint density at radius 2 is 1.56 bits per heavy atom. The highest BCUT2D eigenvalue weighted by molar-refractivity contribution is 5.77. The summed E-state index contributed by atoms with van der Waals surface area (Å²) in [6.07, 6.45) is 6.52. The first-order valence-electron chi connectivity index (χ1n) is 6.53. The number of hydrogen-bond donors (Lipinski definition) is 1. The topological polar surface area (TPSA) is 29.1 Å². The van der Waals surface area contributed by atoms with Gasteiger partial charge in [-0.3, -0.25) is 4.79 Å². The molecule has 1 aliphatic heterocycles. The standard InChI is InChI=1S/C14H25NO/c1-12(2)8-13(3,4)10-14(9-12)7-5-6-11(16)15-14/h5-10H2,1-4H3,(H,15,16). The van der Waals surface area contributed by atoms with Crippen LogP contribution in [0.1, 0.15) is 66.2 Å². The lowest BCUT2D eigenvalue weighted by atomic mass is 9.57. The number of carbonyl (C=O) groups excluding carboxylic acids is 1. The fourth-order valence-corrected chi connectivity index (χ4v) is 4.59. The molecule has 1 saturated heterocycles. The van der Waals surface area contributed by atoms with Crippen molar-refractivity contribution in [3.05, 3.63) is 0 Å². The van der Waals surface area contributed by atoms with Crippen molar-refractivity contribution in [2.75, 3.05) is 0 Å². The molecule has 0 unspecified atom stereocenters. The second kappa shape index (κ2) is 3.48. The zero-order valence-corrected chi connectivity index (χ0v) is 11.2. The van der Waals surface area contributed by atoms with Crippen LogP contribution < -0.4 is 5.32 Å². The monoisotopic (exact) mass is 223 g/mol. The van der Waals surface area contributed by atoms with Gasteiger partial charge in [0.1, 0.15) is 0 Å². The lowest BCUT2D eigenvalue weighted by Crippen LogP contribution is -2.58. The predicted molar refractivity (Wildman–Crippen MR) is 66.1 cm³/mol. The highest BCUT2D eigenvalue weighted by Crippen LogP contribution is 2.52. The van der Waals surface area contributed by atoms with E-state index in [1.54, 1.807) is 0 Å². The fourth-order valence-electron chi connectivity index (χ4n) is 4.59. The van der Waals surface area contributed by atoms with E-state index in [9.17, 15) is 4.79 Å².